The summed E-state index contributed by atoms with van der Waals surface area (Å²) in [5, 5.41) is 0. The van der Waals surface area contributed by atoms with Gasteiger partial charge in [0.05, 0.1) is 14.2 Å². The molecule has 0 aliphatic heterocycles. The van der Waals surface area contributed by atoms with Gasteiger partial charge in [-0.1, -0.05) is 13.8 Å². The molecule has 0 amide bonds. The molecule has 0 radical (unpaired) electrons. The Hall–Kier alpha value is -2.57. The van der Waals surface area contributed by atoms with Crippen molar-refractivity contribution in [1.82, 2.24) is 0 Å². The molecule has 26 heavy (non-hydrogen) atoms. The minimum Gasteiger partial charge on any atom is -0.493 e. The minimum absolute atomic E-state index is 0.0118. The zero-order chi connectivity index (χ0) is 19.6. The lowest BCUT2D eigenvalue weighted by Crippen LogP contribution is -2.19. The molecular weight excluding hydrogens is 352 g/mol. The van der Waals surface area contributed by atoms with Gasteiger partial charge in [0, 0.05) is 35.1 Å². The van der Waals surface area contributed by atoms with Crippen LogP contribution in [-0.2, 0) is 4.79 Å². The smallest absolute Gasteiger partial charge is 0.168 e. The highest BCUT2D eigenvalue weighted by atomic mass is 19.1. The van der Waals surface area contributed by atoms with Crippen molar-refractivity contribution in [2.45, 2.75) is 25.7 Å². The molecule has 0 aliphatic rings. The van der Waals surface area contributed by atoms with Crippen molar-refractivity contribution < 1.29 is 31.8 Å². The van der Waals surface area contributed by atoms with Gasteiger partial charge in [0.25, 0.3) is 0 Å². The molecule has 2 aromatic rings. The first-order valence-corrected chi connectivity index (χ1v) is 7.80. The summed E-state index contributed by atoms with van der Waals surface area (Å²) in [4.78, 5) is 12.8. The van der Waals surface area contributed by atoms with Gasteiger partial charge in [-0.05, 0) is 12.1 Å². The van der Waals surface area contributed by atoms with E-state index in [1.165, 1.54) is 28.1 Å². The summed E-state index contributed by atoms with van der Waals surface area (Å²) in [6.07, 6.45) is 0. The van der Waals surface area contributed by atoms with Gasteiger partial charge in [0.2, 0.25) is 0 Å². The van der Waals surface area contributed by atoms with Crippen molar-refractivity contribution in [3.8, 4) is 11.5 Å². The second-order valence-electron chi connectivity index (χ2n) is 5.87. The standard InChI is InChI=1S/C19H18F4O3/c1-9(13-5-11(20)7-15(22)18(13)25-3)17(24)10(2)14-6-12(21)8-16(23)19(14)26-4/h5-10H,1-4H3. The first-order chi connectivity index (χ1) is 12.2. The van der Waals surface area contributed by atoms with Gasteiger partial charge in [-0.15, -0.1) is 0 Å². The molecule has 0 N–H and O–H groups in total. The SMILES string of the molecule is COc1c(F)cc(F)cc1C(C)C(=O)C(C)c1cc(F)cc(F)c1OC. The summed E-state index contributed by atoms with van der Waals surface area (Å²) in [7, 11) is 2.40. The van der Waals surface area contributed by atoms with Crippen molar-refractivity contribution >= 4 is 5.78 Å². The summed E-state index contributed by atoms with van der Waals surface area (Å²) >= 11 is 0. The molecule has 2 unspecified atom stereocenters. The second kappa shape index (κ2) is 7.76. The van der Waals surface area contributed by atoms with Crippen molar-refractivity contribution in [3.05, 3.63) is 58.7 Å². The molecule has 0 fully saturated rings. The molecule has 2 aromatic carbocycles. The number of hydrogen-bond acceptors (Lipinski definition) is 3. The van der Waals surface area contributed by atoms with Crippen LogP contribution in [0.5, 0.6) is 11.5 Å². The lowest BCUT2D eigenvalue weighted by atomic mass is 9.85. The molecular formula is C19H18F4O3. The van der Waals surface area contributed by atoms with Gasteiger partial charge >= 0.3 is 0 Å². The van der Waals surface area contributed by atoms with E-state index in [-0.39, 0.29) is 22.6 Å². The van der Waals surface area contributed by atoms with Crippen LogP contribution in [0, 0.1) is 23.3 Å². The number of hydrogen-bond donors (Lipinski definition) is 0. The number of rotatable bonds is 6. The largest absolute Gasteiger partial charge is 0.493 e. The molecule has 0 saturated carbocycles. The average Bonchev–Trinajstić information content (AvgIpc) is 2.58. The first kappa shape index (κ1) is 19.8. The summed E-state index contributed by atoms with van der Waals surface area (Å²) in [6.45, 7) is 2.88. The Bertz CT molecular complexity index is 769. The highest BCUT2D eigenvalue weighted by Crippen LogP contribution is 2.37. The van der Waals surface area contributed by atoms with Crippen molar-refractivity contribution in [2.75, 3.05) is 14.2 Å². The predicted octanol–water partition coefficient (Wildman–Crippen LogP) is 4.74. The van der Waals surface area contributed by atoms with Crippen LogP contribution >= 0.6 is 0 Å². The van der Waals surface area contributed by atoms with E-state index < -0.39 is 40.9 Å². The second-order valence-corrected chi connectivity index (χ2v) is 5.87. The fraction of sp³-hybridized carbons (Fsp3) is 0.316. The highest BCUT2D eigenvalue weighted by Gasteiger charge is 2.30. The van der Waals surface area contributed by atoms with Crippen LogP contribution in [0.15, 0.2) is 24.3 Å². The Morgan fingerprint density at radius 2 is 1.12 bits per heavy atom. The van der Waals surface area contributed by atoms with Crippen LogP contribution < -0.4 is 9.47 Å². The van der Waals surface area contributed by atoms with E-state index in [9.17, 15) is 22.4 Å². The van der Waals surface area contributed by atoms with Crippen LogP contribution in [0.1, 0.15) is 36.8 Å². The molecule has 2 rings (SSSR count). The third kappa shape index (κ3) is 3.66. The van der Waals surface area contributed by atoms with Gasteiger partial charge in [-0.2, -0.15) is 0 Å². The molecule has 7 heteroatoms. The minimum atomic E-state index is -0.985. The Morgan fingerprint density at radius 1 is 0.769 bits per heavy atom. The van der Waals surface area contributed by atoms with Crippen LogP contribution in [0.2, 0.25) is 0 Å². The number of ketones is 1. The lowest BCUT2D eigenvalue weighted by Gasteiger charge is -2.21. The van der Waals surface area contributed by atoms with Gasteiger partial charge in [0.1, 0.15) is 17.4 Å². The fourth-order valence-electron chi connectivity index (χ4n) is 2.92. The van der Waals surface area contributed by atoms with Crippen LogP contribution in [-0.4, -0.2) is 20.0 Å². The van der Waals surface area contributed by atoms with Gasteiger partial charge in [-0.25, -0.2) is 17.6 Å². The molecule has 2 atom stereocenters. The average molecular weight is 370 g/mol. The third-order valence-electron chi connectivity index (χ3n) is 4.27. The Labute approximate surface area is 148 Å². The molecule has 140 valence electrons. The summed E-state index contributed by atoms with van der Waals surface area (Å²) < 4.78 is 64.8. The Balaban J connectivity index is 2.47. The molecule has 3 nitrogen and oxygen atoms in total. The van der Waals surface area contributed by atoms with E-state index in [4.69, 9.17) is 9.47 Å². The lowest BCUT2D eigenvalue weighted by molar-refractivity contribution is -0.121. The molecule has 0 heterocycles. The number of halogens is 4. The quantitative estimate of drug-likeness (QED) is 0.690. The van der Waals surface area contributed by atoms with Gasteiger partial charge in [-0.3, -0.25) is 4.79 Å². The number of methoxy groups -OCH3 is 2. The summed E-state index contributed by atoms with van der Waals surface area (Å²) in [5.41, 5.74) is 0.0235. The van der Waals surface area contributed by atoms with E-state index in [0.717, 1.165) is 12.1 Å². The maximum Gasteiger partial charge on any atom is 0.168 e. The highest BCUT2D eigenvalue weighted by molar-refractivity contribution is 5.92. The van der Waals surface area contributed by atoms with E-state index >= 15 is 0 Å². The van der Waals surface area contributed by atoms with Crippen molar-refractivity contribution in [3.63, 3.8) is 0 Å². The number of benzene rings is 2. The maximum absolute atomic E-state index is 13.9. The first-order valence-electron chi connectivity index (χ1n) is 7.80. The van der Waals surface area contributed by atoms with E-state index in [1.807, 2.05) is 0 Å². The topological polar surface area (TPSA) is 35.5 Å². The molecule has 0 bridgehead atoms. The van der Waals surface area contributed by atoms with Crippen molar-refractivity contribution in [1.29, 1.82) is 0 Å². The maximum atomic E-state index is 13.9. The summed E-state index contributed by atoms with van der Waals surface area (Å²) in [5.74, 6) is -6.58. The Kier molecular flexibility index (Phi) is 5.90. The predicted molar refractivity (Wildman–Crippen MR) is 87.7 cm³/mol. The van der Waals surface area contributed by atoms with Crippen LogP contribution in [0.25, 0.3) is 0 Å². The van der Waals surface area contributed by atoms with Gasteiger partial charge in [0.15, 0.2) is 23.1 Å². The molecule has 0 aliphatic carbocycles. The monoisotopic (exact) mass is 370 g/mol. The van der Waals surface area contributed by atoms with E-state index in [0.29, 0.717) is 12.1 Å². The summed E-state index contributed by atoms with van der Waals surface area (Å²) in [6, 6.07) is 3.29. The third-order valence-corrected chi connectivity index (χ3v) is 4.27. The van der Waals surface area contributed by atoms with Gasteiger partial charge < -0.3 is 9.47 Å². The van der Waals surface area contributed by atoms with Crippen LogP contribution in [0.3, 0.4) is 0 Å². The van der Waals surface area contributed by atoms with E-state index in [2.05, 4.69) is 0 Å². The number of Topliss-reactive ketones (excluding diaryl/α,β-unsaturated/α-hetero) is 1. The number of carbonyl (C=O) groups is 1. The zero-order valence-corrected chi connectivity index (χ0v) is 14.7. The number of ether oxygens (including phenoxy) is 2. The zero-order valence-electron chi connectivity index (χ0n) is 14.7. The van der Waals surface area contributed by atoms with Crippen LogP contribution in [0.4, 0.5) is 17.6 Å². The molecule has 0 aromatic heterocycles. The Morgan fingerprint density at radius 3 is 1.42 bits per heavy atom. The number of carbonyl (C=O) groups excluding carboxylic acids is 1. The molecule has 0 saturated heterocycles. The van der Waals surface area contributed by atoms with E-state index in [1.54, 1.807) is 0 Å². The fourth-order valence-corrected chi connectivity index (χ4v) is 2.92. The molecule has 0 spiro atoms. The normalized spacial score (nSPS) is 13.2. The van der Waals surface area contributed by atoms with Crippen molar-refractivity contribution in [2.24, 2.45) is 0 Å².